The van der Waals surface area contributed by atoms with Gasteiger partial charge in [-0.1, -0.05) is 6.07 Å². The number of anilines is 1. The SMILES string of the molecule is CCN(CCO)c1snc2cc(-c3ccc(OC)c(OC)c3)cnc12. The van der Waals surface area contributed by atoms with E-state index in [4.69, 9.17) is 9.47 Å². The highest BCUT2D eigenvalue weighted by Gasteiger charge is 2.15. The van der Waals surface area contributed by atoms with E-state index >= 15 is 0 Å². The van der Waals surface area contributed by atoms with Crippen LogP contribution in [0, 0.1) is 0 Å². The molecule has 2 aromatic heterocycles. The summed E-state index contributed by atoms with van der Waals surface area (Å²) in [7, 11) is 3.24. The first kappa shape index (κ1) is 17.4. The molecule has 1 aromatic carbocycles. The fourth-order valence-electron chi connectivity index (χ4n) is 2.73. The fraction of sp³-hybridized carbons (Fsp3) is 0.333. The lowest BCUT2D eigenvalue weighted by atomic mass is 10.1. The second-order valence-corrected chi connectivity index (χ2v) is 6.20. The molecule has 0 aliphatic heterocycles. The average Bonchev–Trinajstić information content (AvgIpc) is 3.08. The summed E-state index contributed by atoms with van der Waals surface area (Å²) in [6.07, 6.45) is 1.84. The van der Waals surface area contributed by atoms with Crippen LogP contribution >= 0.6 is 11.5 Å². The standard InChI is InChI=1S/C18H21N3O3S/c1-4-21(7-8-22)18-17-14(20-25-18)9-13(11-19-17)12-5-6-15(23-2)16(10-12)24-3/h5-6,9-11,22H,4,7-8H2,1-3H3. The number of rotatable bonds is 7. The van der Waals surface area contributed by atoms with Gasteiger partial charge >= 0.3 is 0 Å². The van der Waals surface area contributed by atoms with Crippen LogP contribution in [0.3, 0.4) is 0 Å². The number of hydrogen-bond donors (Lipinski definition) is 1. The molecule has 3 rings (SSSR count). The second-order valence-electron chi connectivity index (χ2n) is 5.45. The fourth-order valence-corrected chi connectivity index (χ4v) is 3.63. The van der Waals surface area contributed by atoms with E-state index in [-0.39, 0.29) is 6.61 Å². The first-order valence-electron chi connectivity index (χ1n) is 8.05. The lowest BCUT2D eigenvalue weighted by molar-refractivity contribution is 0.302. The van der Waals surface area contributed by atoms with Crippen molar-refractivity contribution >= 4 is 27.6 Å². The van der Waals surface area contributed by atoms with Gasteiger partial charge in [0.1, 0.15) is 16.0 Å². The zero-order valence-corrected chi connectivity index (χ0v) is 15.3. The zero-order chi connectivity index (χ0) is 17.8. The number of methoxy groups -OCH3 is 2. The number of aromatic nitrogens is 2. The van der Waals surface area contributed by atoms with Gasteiger partial charge in [-0.15, -0.1) is 0 Å². The molecule has 0 atom stereocenters. The number of aliphatic hydroxyl groups is 1. The highest BCUT2D eigenvalue weighted by molar-refractivity contribution is 7.11. The van der Waals surface area contributed by atoms with Crippen LogP contribution in [0.1, 0.15) is 6.92 Å². The van der Waals surface area contributed by atoms with Crippen LogP contribution in [0.2, 0.25) is 0 Å². The molecule has 25 heavy (non-hydrogen) atoms. The molecule has 0 bridgehead atoms. The Bertz CT molecular complexity index is 866. The van der Waals surface area contributed by atoms with Crippen LogP contribution in [0.5, 0.6) is 11.5 Å². The van der Waals surface area contributed by atoms with Crippen LogP contribution in [-0.2, 0) is 0 Å². The minimum Gasteiger partial charge on any atom is -0.493 e. The van der Waals surface area contributed by atoms with E-state index in [9.17, 15) is 5.11 Å². The first-order chi connectivity index (χ1) is 12.2. The number of hydrogen-bond acceptors (Lipinski definition) is 7. The predicted molar refractivity (Wildman–Crippen MR) is 101 cm³/mol. The molecule has 6 nitrogen and oxygen atoms in total. The van der Waals surface area contributed by atoms with Gasteiger partial charge in [-0.2, -0.15) is 4.37 Å². The van der Waals surface area contributed by atoms with E-state index in [0.29, 0.717) is 18.0 Å². The third-order valence-corrected chi connectivity index (χ3v) is 4.97. The number of ether oxygens (including phenoxy) is 2. The molecule has 2 heterocycles. The smallest absolute Gasteiger partial charge is 0.161 e. The van der Waals surface area contributed by atoms with Crippen LogP contribution in [0.4, 0.5) is 5.00 Å². The third kappa shape index (κ3) is 3.38. The van der Waals surface area contributed by atoms with E-state index in [0.717, 1.165) is 33.7 Å². The molecular weight excluding hydrogens is 338 g/mol. The lowest BCUT2D eigenvalue weighted by Crippen LogP contribution is -2.25. The van der Waals surface area contributed by atoms with Gasteiger partial charge < -0.3 is 19.5 Å². The average molecular weight is 359 g/mol. The largest absolute Gasteiger partial charge is 0.493 e. The quantitative estimate of drug-likeness (QED) is 0.699. The van der Waals surface area contributed by atoms with Crippen molar-refractivity contribution < 1.29 is 14.6 Å². The van der Waals surface area contributed by atoms with Crippen LogP contribution in [0.15, 0.2) is 30.5 Å². The van der Waals surface area contributed by atoms with Crippen molar-refractivity contribution in [1.82, 2.24) is 9.36 Å². The Balaban J connectivity index is 2.00. The molecule has 132 valence electrons. The van der Waals surface area contributed by atoms with Crippen molar-refractivity contribution in [2.75, 3.05) is 38.8 Å². The van der Waals surface area contributed by atoms with Crippen LogP contribution in [-0.4, -0.2) is 48.4 Å². The molecule has 0 radical (unpaired) electrons. The molecule has 0 unspecified atom stereocenters. The number of pyridine rings is 1. The van der Waals surface area contributed by atoms with Crippen molar-refractivity contribution in [3.63, 3.8) is 0 Å². The molecule has 7 heteroatoms. The van der Waals surface area contributed by atoms with Gasteiger partial charge in [-0.05, 0) is 42.2 Å². The van der Waals surface area contributed by atoms with E-state index in [2.05, 4.69) is 21.2 Å². The molecular formula is C18H21N3O3S. The third-order valence-electron chi connectivity index (χ3n) is 4.06. The molecule has 0 amide bonds. The van der Waals surface area contributed by atoms with Crippen LogP contribution < -0.4 is 14.4 Å². The molecule has 3 aromatic rings. The molecule has 1 N–H and O–H groups in total. The van der Waals surface area contributed by atoms with E-state index < -0.39 is 0 Å². The summed E-state index contributed by atoms with van der Waals surface area (Å²) in [4.78, 5) is 6.71. The Labute approximate surface area is 150 Å². The van der Waals surface area contributed by atoms with Crippen molar-refractivity contribution in [2.45, 2.75) is 6.92 Å². The minimum absolute atomic E-state index is 0.108. The van der Waals surface area contributed by atoms with Gasteiger partial charge in [0.05, 0.1) is 20.8 Å². The molecule has 0 aliphatic carbocycles. The van der Waals surface area contributed by atoms with Gasteiger partial charge in [0.25, 0.3) is 0 Å². The van der Waals surface area contributed by atoms with Crippen molar-refractivity contribution in [1.29, 1.82) is 0 Å². The number of benzene rings is 1. The highest BCUT2D eigenvalue weighted by atomic mass is 32.1. The van der Waals surface area contributed by atoms with Gasteiger partial charge in [0.15, 0.2) is 11.5 Å². The summed E-state index contributed by atoms with van der Waals surface area (Å²) in [5.74, 6) is 1.37. The van der Waals surface area contributed by atoms with Gasteiger partial charge in [-0.25, -0.2) is 0 Å². The van der Waals surface area contributed by atoms with E-state index in [1.165, 1.54) is 11.5 Å². The van der Waals surface area contributed by atoms with Gasteiger partial charge in [-0.3, -0.25) is 4.98 Å². The predicted octanol–water partition coefficient (Wildman–Crippen LogP) is 3.19. The highest BCUT2D eigenvalue weighted by Crippen LogP contribution is 2.35. The summed E-state index contributed by atoms with van der Waals surface area (Å²) in [6.45, 7) is 3.54. The zero-order valence-electron chi connectivity index (χ0n) is 14.5. The van der Waals surface area contributed by atoms with Crippen molar-refractivity contribution in [3.05, 3.63) is 30.5 Å². The Morgan fingerprint density at radius 1 is 1.12 bits per heavy atom. The number of fused-ring (bicyclic) bond motifs is 1. The summed E-state index contributed by atoms with van der Waals surface area (Å²) >= 11 is 1.41. The maximum absolute atomic E-state index is 9.22. The summed E-state index contributed by atoms with van der Waals surface area (Å²) < 4.78 is 15.2. The number of likely N-dealkylation sites (N-methyl/N-ethyl adjacent to an activating group) is 1. The second kappa shape index (κ2) is 7.67. The monoisotopic (exact) mass is 359 g/mol. The van der Waals surface area contributed by atoms with E-state index in [1.54, 1.807) is 14.2 Å². The Morgan fingerprint density at radius 2 is 1.92 bits per heavy atom. The summed E-state index contributed by atoms with van der Waals surface area (Å²) in [5, 5.41) is 10.2. The normalized spacial score (nSPS) is 10.9. The van der Waals surface area contributed by atoms with Gasteiger partial charge in [0.2, 0.25) is 0 Å². The Morgan fingerprint density at radius 3 is 2.60 bits per heavy atom. The van der Waals surface area contributed by atoms with Gasteiger partial charge in [0, 0.05) is 24.8 Å². The maximum atomic E-state index is 9.22. The van der Waals surface area contributed by atoms with Crippen molar-refractivity contribution in [3.8, 4) is 22.6 Å². The summed E-state index contributed by atoms with van der Waals surface area (Å²) in [6, 6.07) is 7.81. The first-order valence-corrected chi connectivity index (χ1v) is 8.82. The topological polar surface area (TPSA) is 67.7 Å². The molecule has 0 saturated heterocycles. The number of aliphatic hydroxyl groups excluding tert-OH is 1. The molecule has 0 aliphatic rings. The lowest BCUT2D eigenvalue weighted by Gasteiger charge is -2.19. The molecule has 0 spiro atoms. The Kier molecular flexibility index (Phi) is 5.35. The summed E-state index contributed by atoms with van der Waals surface area (Å²) in [5.41, 5.74) is 3.67. The van der Waals surface area contributed by atoms with E-state index in [1.807, 2.05) is 30.5 Å². The molecule has 0 saturated carbocycles. The van der Waals surface area contributed by atoms with Crippen LogP contribution in [0.25, 0.3) is 22.2 Å². The minimum atomic E-state index is 0.108. The Hall–Kier alpha value is -2.38. The maximum Gasteiger partial charge on any atom is 0.161 e. The van der Waals surface area contributed by atoms with Crippen molar-refractivity contribution in [2.24, 2.45) is 0 Å². The number of nitrogens with zero attached hydrogens (tertiary/aromatic N) is 3. The molecule has 0 fully saturated rings.